The number of pyridine rings is 1. The molecule has 1 amide bonds. The van der Waals surface area contributed by atoms with Gasteiger partial charge < -0.3 is 15.4 Å². The van der Waals surface area contributed by atoms with Crippen molar-refractivity contribution in [1.29, 1.82) is 0 Å². The number of anilines is 1. The number of benzene rings is 2. The standard InChI is InChI=1S/C30H28N4O5/c1-17-6-4-9-26(31-17)33-30(36)27-18(2)32-24-15-21(19-10-12-23(39-3)13-11-19)16-25(35)29(24)28(27)20-7-5-8-22(14-20)34(37)38/h4-14,21,28,32H,15-16H2,1-3H3,(H,31,33,36). The highest BCUT2D eigenvalue weighted by Gasteiger charge is 2.41. The fourth-order valence-corrected chi connectivity index (χ4v) is 5.40. The van der Waals surface area contributed by atoms with E-state index in [9.17, 15) is 19.7 Å². The highest BCUT2D eigenvalue weighted by Crippen LogP contribution is 2.46. The summed E-state index contributed by atoms with van der Waals surface area (Å²) >= 11 is 0. The van der Waals surface area contributed by atoms with Crippen LogP contribution in [0.5, 0.6) is 5.75 Å². The van der Waals surface area contributed by atoms with Crippen molar-refractivity contribution >= 4 is 23.2 Å². The van der Waals surface area contributed by atoms with E-state index in [0.717, 1.165) is 22.7 Å². The molecule has 0 spiro atoms. The van der Waals surface area contributed by atoms with Gasteiger partial charge in [-0.1, -0.05) is 30.3 Å². The quantitative estimate of drug-likeness (QED) is 0.331. The zero-order chi connectivity index (χ0) is 27.7. The number of hydrogen-bond acceptors (Lipinski definition) is 7. The minimum absolute atomic E-state index is 0.0555. The molecule has 2 heterocycles. The molecule has 0 fully saturated rings. The SMILES string of the molecule is COc1ccc(C2CC(=O)C3=C(C2)NC(C)=C(C(=O)Nc2cccc(C)n2)C3c2cccc([N+](=O)[O-])c2)cc1. The zero-order valence-electron chi connectivity index (χ0n) is 21.9. The van der Waals surface area contributed by atoms with Crippen molar-refractivity contribution in [3.8, 4) is 5.75 Å². The monoisotopic (exact) mass is 524 g/mol. The van der Waals surface area contributed by atoms with Crippen molar-refractivity contribution in [1.82, 2.24) is 10.3 Å². The first-order valence-corrected chi connectivity index (χ1v) is 12.6. The molecule has 39 heavy (non-hydrogen) atoms. The van der Waals surface area contributed by atoms with E-state index < -0.39 is 16.7 Å². The number of nitro benzene ring substituents is 1. The molecule has 2 atom stereocenters. The third kappa shape index (κ3) is 5.16. The van der Waals surface area contributed by atoms with Gasteiger partial charge in [-0.15, -0.1) is 0 Å². The average molecular weight is 525 g/mol. The number of nitrogens with zero attached hydrogens (tertiary/aromatic N) is 2. The van der Waals surface area contributed by atoms with E-state index in [1.807, 2.05) is 37.3 Å². The Morgan fingerprint density at radius 2 is 1.79 bits per heavy atom. The molecule has 1 aliphatic carbocycles. The number of ether oxygens (including phenoxy) is 1. The number of nitro groups is 1. The molecule has 2 unspecified atom stereocenters. The van der Waals surface area contributed by atoms with E-state index in [4.69, 9.17) is 4.74 Å². The normalized spacial score (nSPS) is 18.8. The van der Waals surface area contributed by atoms with Gasteiger partial charge in [0.15, 0.2) is 5.78 Å². The number of Topliss-reactive ketones (excluding diaryl/α,β-unsaturated/α-hetero) is 1. The molecule has 0 bridgehead atoms. The summed E-state index contributed by atoms with van der Waals surface area (Å²) in [5, 5.41) is 17.8. The van der Waals surface area contributed by atoms with Crippen LogP contribution in [-0.2, 0) is 9.59 Å². The van der Waals surface area contributed by atoms with Gasteiger partial charge in [0.05, 0.1) is 12.0 Å². The fourth-order valence-electron chi connectivity index (χ4n) is 5.40. The summed E-state index contributed by atoms with van der Waals surface area (Å²) in [7, 11) is 1.61. The highest BCUT2D eigenvalue weighted by molar-refractivity contribution is 6.09. The third-order valence-electron chi connectivity index (χ3n) is 7.20. The Labute approximate surface area is 225 Å². The predicted molar refractivity (Wildman–Crippen MR) is 146 cm³/mol. The van der Waals surface area contributed by atoms with Gasteiger partial charge in [0, 0.05) is 52.7 Å². The molecular formula is C30H28N4O5. The fraction of sp³-hybridized carbons (Fsp3) is 0.233. The smallest absolute Gasteiger partial charge is 0.269 e. The minimum atomic E-state index is -0.768. The van der Waals surface area contributed by atoms with E-state index >= 15 is 0 Å². The summed E-state index contributed by atoms with van der Waals surface area (Å²) in [6, 6.07) is 19.1. The number of non-ortho nitro benzene ring substituents is 1. The number of dihydropyridines is 1. The first-order chi connectivity index (χ1) is 18.7. The Morgan fingerprint density at radius 1 is 1.05 bits per heavy atom. The van der Waals surface area contributed by atoms with Crippen LogP contribution in [-0.4, -0.2) is 28.7 Å². The van der Waals surface area contributed by atoms with Crippen LogP contribution >= 0.6 is 0 Å². The van der Waals surface area contributed by atoms with Crippen molar-refractivity contribution in [2.45, 2.75) is 38.5 Å². The van der Waals surface area contributed by atoms with Gasteiger partial charge in [-0.25, -0.2) is 4.98 Å². The number of carbonyl (C=O) groups is 2. The molecular weight excluding hydrogens is 496 g/mol. The van der Waals surface area contributed by atoms with Crippen molar-refractivity contribution in [3.63, 3.8) is 0 Å². The van der Waals surface area contributed by atoms with E-state index in [0.29, 0.717) is 34.6 Å². The molecule has 3 aromatic rings. The molecule has 1 aromatic heterocycles. The second kappa shape index (κ2) is 10.5. The molecule has 0 saturated carbocycles. The summed E-state index contributed by atoms with van der Waals surface area (Å²) in [5.74, 6) is -0.235. The third-order valence-corrected chi connectivity index (χ3v) is 7.20. The van der Waals surface area contributed by atoms with Crippen molar-refractivity contribution in [2.75, 3.05) is 12.4 Å². The maximum Gasteiger partial charge on any atom is 0.269 e. The van der Waals surface area contributed by atoms with E-state index in [-0.39, 0.29) is 23.8 Å². The van der Waals surface area contributed by atoms with Crippen LogP contribution in [0.3, 0.4) is 0 Å². The van der Waals surface area contributed by atoms with Crippen molar-refractivity contribution < 1.29 is 19.2 Å². The Hall–Kier alpha value is -4.79. The first-order valence-electron chi connectivity index (χ1n) is 12.6. The van der Waals surface area contributed by atoms with E-state index in [1.165, 1.54) is 12.1 Å². The largest absolute Gasteiger partial charge is 0.497 e. The second-order valence-corrected chi connectivity index (χ2v) is 9.76. The van der Waals surface area contributed by atoms with Gasteiger partial charge >= 0.3 is 0 Å². The Balaban J connectivity index is 1.57. The maximum absolute atomic E-state index is 13.8. The Kier molecular flexibility index (Phi) is 6.98. The molecule has 2 N–H and O–H groups in total. The van der Waals surface area contributed by atoms with Gasteiger partial charge in [0.2, 0.25) is 0 Å². The van der Waals surface area contributed by atoms with Gasteiger partial charge in [0.25, 0.3) is 11.6 Å². The van der Waals surface area contributed by atoms with Crippen LogP contribution in [0.1, 0.15) is 48.4 Å². The van der Waals surface area contributed by atoms with Crippen LogP contribution in [0.15, 0.2) is 89.3 Å². The van der Waals surface area contributed by atoms with Crippen LogP contribution < -0.4 is 15.4 Å². The predicted octanol–water partition coefficient (Wildman–Crippen LogP) is 5.31. The van der Waals surface area contributed by atoms with Crippen LogP contribution in [0.25, 0.3) is 0 Å². The molecule has 2 aliphatic rings. The van der Waals surface area contributed by atoms with Gasteiger partial charge in [0.1, 0.15) is 11.6 Å². The maximum atomic E-state index is 13.8. The lowest BCUT2D eigenvalue weighted by Crippen LogP contribution is -2.37. The van der Waals surface area contributed by atoms with E-state index in [2.05, 4.69) is 15.6 Å². The van der Waals surface area contributed by atoms with Crippen LogP contribution in [0.2, 0.25) is 0 Å². The summed E-state index contributed by atoms with van der Waals surface area (Å²) in [5.41, 5.74) is 4.26. The number of aromatic nitrogens is 1. The minimum Gasteiger partial charge on any atom is -0.497 e. The van der Waals surface area contributed by atoms with Crippen molar-refractivity contribution in [2.24, 2.45) is 0 Å². The molecule has 198 valence electrons. The molecule has 9 nitrogen and oxygen atoms in total. The second-order valence-electron chi connectivity index (χ2n) is 9.76. The number of rotatable bonds is 6. The lowest BCUT2D eigenvalue weighted by molar-refractivity contribution is -0.384. The lowest BCUT2D eigenvalue weighted by Gasteiger charge is -2.37. The summed E-state index contributed by atoms with van der Waals surface area (Å²) in [6.07, 6.45) is 0.816. The molecule has 2 aromatic carbocycles. The molecule has 0 saturated heterocycles. The van der Waals surface area contributed by atoms with Gasteiger partial charge in [-0.05, 0) is 61.6 Å². The van der Waals surface area contributed by atoms with Crippen LogP contribution in [0.4, 0.5) is 11.5 Å². The summed E-state index contributed by atoms with van der Waals surface area (Å²) in [6.45, 7) is 3.61. The van der Waals surface area contributed by atoms with Crippen molar-refractivity contribution in [3.05, 3.63) is 116 Å². The van der Waals surface area contributed by atoms with Gasteiger partial charge in [-0.3, -0.25) is 19.7 Å². The highest BCUT2D eigenvalue weighted by atomic mass is 16.6. The average Bonchev–Trinajstić information content (AvgIpc) is 2.92. The number of nitrogens with one attached hydrogen (secondary N) is 2. The summed E-state index contributed by atoms with van der Waals surface area (Å²) in [4.78, 5) is 43.0. The Morgan fingerprint density at radius 3 is 2.49 bits per heavy atom. The molecule has 1 aliphatic heterocycles. The molecule has 0 radical (unpaired) electrons. The number of methoxy groups -OCH3 is 1. The zero-order valence-corrected chi connectivity index (χ0v) is 21.9. The number of ketones is 1. The number of carbonyl (C=O) groups excluding carboxylic acids is 2. The molecule has 9 heteroatoms. The van der Waals surface area contributed by atoms with E-state index in [1.54, 1.807) is 38.3 Å². The van der Waals surface area contributed by atoms with Gasteiger partial charge in [-0.2, -0.15) is 0 Å². The topological polar surface area (TPSA) is 123 Å². The first kappa shape index (κ1) is 25.8. The molecule has 5 rings (SSSR count). The summed E-state index contributed by atoms with van der Waals surface area (Å²) < 4.78 is 5.27. The number of aryl methyl sites for hydroxylation is 1. The Bertz CT molecular complexity index is 1540. The number of amides is 1. The number of allylic oxidation sites excluding steroid dienone is 3. The lowest BCUT2D eigenvalue weighted by atomic mass is 9.71. The number of hydrogen-bond donors (Lipinski definition) is 2. The van der Waals surface area contributed by atoms with Crippen LogP contribution in [0, 0.1) is 17.0 Å².